The third kappa shape index (κ3) is 0.854. The van der Waals surface area contributed by atoms with Crippen molar-refractivity contribution in [3.05, 3.63) is 18.0 Å². The highest BCUT2D eigenvalue weighted by Crippen LogP contribution is 2.63. The van der Waals surface area contributed by atoms with Gasteiger partial charge >= 0.3 is 0 Å². The second-order valence-electron chi connectivity index (χ2n) is 4.64. The summed E-state index contributed by atoms with van der Waals surface area (Å²) in [5.74, 6) is 0. The molecule has 1 aromatic heterocycles. The van der Waals surface area contributed by atoms with Crippen LogP contribution in [0.3, 0.4) is 0 Å². The van der Waals surface area contributed by atoms with Crippen molar-refractivity contribution in [2.45, 2.75) is 36.6 Å². The molecule has 2 N–H and O–H groups in total. The lowest BCUT2D eigenvalue weighted by Crippen LogP contribution is -2.37. The van der Waals surface area contributed by atoms with Crippen LogP contribution in [0.25, 0.3) is 0 Å². The molecule has 70 valence electrons. The summed E-state index contributed by atoms with van der Waals surface area (Å²) < 4.78 is 1.88. The van der Waals surface area contributed by atoms with Gasteiger partial charge in [-0.1, -0.05) is 0 Å². The number of hydrogen-bond donors (Lipinski definition) is 1. The van der Waals surface area contributed by atoms with E-state index in [1.807, 2.05) is 17.9 Å². The summed E-state index contributed by atoms with van der Waals surface area (Å²) in [4.78, 5) is 0. The maximum atomic E-state index is 6.29. The van der Waals surface area contributed by atoms with Gasteiger partial charge in [0, 0.05) is 24.2 Å². The van der Waals surface area contributed by atoms with E-state index in [0.717, 1.165) is 0 Å². The van der Waals surface area contributed by atoms with E-state index in [2.05, 4.69) is 11.3 Å². The highest BCUT2D eigenvalue weighted by atomic mass is 15.2. The SMILES string of the molecule is Cn1cc(C2(C3(N)CC3)CC2)cn1. The molecular weight excluding hydrogens is 162 g/mol. The molecule has 0 aromatic carbocycles. The first-order valence-corrected chi connectivity index (χ1v) is 4.94. The van der Waals surface area contributed by atoms with Crippen LogP contribution in [0.4, 0.5) is 0 Å². The van der Waals surface area contributed by atoms with Crippen LogP contribution >= 0.6 is 0 Å². The first-order valence-electron chi connectivity index (χ1n) is 4.94. The van der Waals surface area contributed by atoms with Crippen LogP contribution in [-0.2, 0) is 12.5 Å². The van der Waals surface area contributed by atoms with E-state index in [1.165, 1.54) is 31.2 Å². The smallest absolute Gasteiger partial charge is 0.0528 e. The molecule has 2 saturated carbocycles. The van der Waals surface area contributed by atoms with Crippen LogP contribution in [0, 0.1) is 0 Å². The summed E-state index contributed by atoms with van der Waals surface area (Å²) in [6, 6.07) is 0. The molecule has 0 atom stereocenters. The van der Waals surface area contributed by atoms with Crippen molar-refractivity contribution in [2.75, 3.05) is 0 Å². The molecule has 0 saturated heterocycles. The van der Waals surface area contributed by atoms with E-state index >= 15 is 0 Å². The average molecular weight is 177 g/mol. The monoisotopic (exact) mass is 177 g/mol. The Morgan fingerprint density at radius 3 is 2.46 bits per heavy atom. The van der Waals surface area contributed by atoms with Gasteiger partial charge in [-0.3, -0.25) is 4.68 Å². The molecule has 3 nitrogen and oxygen atoms in total. The Labute approximate surface area is 77.9 Å². The van der Waals surface area contributed by atoms with E-state index in [1.54, 1.807) is 0 Å². The molecule has 3 rings (SSSR count). The van der Waals surface area contributed by atoms with Crippen LogP contribution in [0.15, 0.2) is 12.4 Å². The van der Waals surface area contributed by atoms with Gasteiger partial charge in [-0.25, -0.2) is 0 Å². The Balaban J connectivity index is 2.00. The fourth-order valence-electron chi connectivity index (χ4n) is 2.48. The zero-order chi connectivity index (χ0) is 9.10. The zero-order valence-electron chi connectivity index (χ0n) is 7.95. The van der Waals surface area contributed by atoms with E-state index in [4.69, 9.17) is 5.73 Å². The molecule has 2 fully saturated rings. The molecule has 2 aliphatic rings. The normalized spacial score (nSPS) is 27.2. The lowest BCUT2D eigenvalue weighted by Gasteiger charge is -2.20. The van der Waals surface area contributed by atoms with Crippen molar-refractivity contribution in [1.29, 1.82) is 0 Å². The second kappa shape index (κ2) is 1.98. The van der Waals surface area contributed by atoms with Gasteiger partial charge in [0.05, 0.1) is 6.20 Å². The van der Waals surface area contributed by atoms with Crippen LogP contribution < -0.4 is 5.73 Å². The molecule has 0 aliphatic heterocycles. The highest BCUT2D eigenvalue weighted by molar-refractivity contribution is 5.38. The summed E-state index contributed by atoms with van der Waals surface area (Å²) in [5, 5.41) is 4.23. The van der Waals surface area contributed by atoms with Gasteiger partial charge < -0.3 is 5.73 Å². The van der Waals surface area contributed by atoms with Crippen LogP contribution in [0.2, 0.25) is 0 Å². The Hall–Kier alpha value is -0.830. The van der Waals surface area contributed by atoms with Gasteiger partial charge in [0.1, 0.15) is 0 Å². The third-order valence-electron chi connectivity index (χ3n) is 3.75. The highest BCUT2D eigenvalue weighted by Gasteiger charge is 2.64. The fraction of sp³-hybridized carbons (Fsp3) is 0.700. The summed E-state index contributed by atoms with van der Waals surface area (Å²) in [6.45, 7) is 0. The summed E-state index contributed by atoms with van der Waals surface area (Å²) in [7, 11) is 1.97. The molecule has 0 amide bonds. The predicted molar refractivity (Wildman–Crippen MR) is 50.3 cm³/mol. The molecule has 2 aliphatic carbocycles. The van der Waals surface area contributed by atoms with Gasteiger partial charge in [-0.05, 0) is 31.2 Å². The molecule has 0 spiro atoms. The molecule has 13 heavy (non-hydrogen) atoms. The summed E-state index contributed by atoms with van der Waals surface area (Å²) in [6.07, 6.45) is 9.02. The Morgan fingerprint density at radius 2 is 2.08 bits per heavy atom. The molecule has 0 bridgehead atoms. The topological polar surface area (TPSA) is 43.8 Å². The van der Waals surface area contributed by atoms with E-state index < -0.39 is 0 Å². The molecule has 3 heteroatoms. The van der Waals surface area contributed by atoms with Crippen molar-refractivity contribution in [1.82, 2.24) is 9.78 Å². The fourth-order valence-corrected chi connectivity index (χ4v) is 2.48. The standard InChI is InChI=1S/C10H15N3/c1-13-7-8(6-12-13)9(2-3-9)10(11)4-5-10/h6-7H,2-5,11H2,1H3. The Kier molecular flexibility index (Phi) is 1.15. The van der Waals surface area contributed by atoms with Gasteiger partial charge in [-0.2, -0.15) is 5.10 Å². The lowest BCUT2D eigenvalue weighted by atomic mass is 9.88. The first kappa shape index (κ1) is 7.56. The minimum atomic E-state index is 0.121. The van der Waals surface area contributed by atoms with E-state index in [9.17, 15) is 0 Å². The molecule has 1 aromatic rings. The predicted octanol–water partition coefficient (Wildman–Crippen LogP) is 0.943. The maximum absolute atomic E-state index is 6.29. The minimum absolute atomic E-state index is 0.121. The minimum Gasteiger partial charge on any atom is -0.324 e. The number of aromatic nitrogens is 2. The van der Waals surface area contributed by atoms with Crippen LogP contribution in [-0.4, -0.2) is 15.3 Å². The van der Waals surface area contributed by atoms with E-state index in [0.29, 0.717) is 5.41 Å². The van der Waals surface area contributed by atoms with Crippen LogP contribution in [0.1, 0.15) is 31.2 Å². The summed E-state index contributed by atoms with van der Waals surface area (Å²) in [5.41, 5.74) is 8.08. The van der Waals surface area contributed by atoms with Gasteiger partial charge in [0.15, 0.2) is 0 Å². The van der Waals surface area contributed by atoms with Crippen molar-refractivity contribution < 1.29 is 0 Å². The van der Waals surface area contributed by atoms with Crippen molar-refractivity contribution in [2.24, 2.45) is 12.8 Å². The van der Waals surface area contributed by atoms with Crippen LogP contribution in [0.5, 0.6) is 0 Å². The van der Waals surface area contributed by atoms with Crippen molar-refractivity contribution in [3.8, 4) is 0 Å². The summed E-state index contributed by atoms with van der Waals surface area (Å²) >= 11 is 0. The quantitative estimate of drug-likeness (QED) is 0.730. The number of rotatable bonds is 2. The number of aryl methyl sites for hydroxylation is 1. The molecule has 0 unspecified atom stereocenters. The van der Waals surface area contributed by atoms with Gasteiger partial charge in [0.25, 0.3) is 0 Å². The number of nitrogens with two attached hydrogens (primary N) is 1. The molecule has 1 heterocycles. The number of hydrogen-bond acceptors (Lipinski definition) is 2. The van der Waals surface area contributed by atoms with Gasteiger partial charge in [-0.15, -0.1) is 0 Å². The zero-order valence-corrected chi connectivity index (χ0v) is 7.95. The third-order valence-corrected chi connectivity index (χ3v) is 3.75. The Bertz CT molecular complexity index is 345. The Morgan fingerprint density at radius 1 is 1.38 bits per heavy atom. The second-order valence-corrected chi connectivity index (χ2v) is 4.64. The van der Waals surface area contributed by atoms with Crippen molar-refractivity contribution >= 4 is 0 Å². The maximum Gasteiger partial charge on any atom is 0.0528 e. The van der Waals surface area contributed by atoms with E-state index in [-0.39, 0.29) is 5.54 Å². The number of nitrogens with zero attached hydrogens (tertiary/aromatic N) is 2. The van der Waals surface area contributed by atoms with Crippen molar-refractivity contribution in [3.63, 3.8) is 0 Å². The average Bonchev–Trinajstić information content (AvgIpc) is 2.97. The van der Waals surface area contributed by atoms with Gasteiger partial charge in [0.2, 0.25) is 0 Å². The first-order chi connectivity index (χ1) is 6.16. The largest absolute Gasteiger partial charge is 0.324 e. The molecule has 0 radical (unpaired) electrons. The molecular formula is C10H15N3. The lowest BCUT2D eigenvalue weighted by molar-refractivity contribution is 0.503.